The van der Waals surface area contributed by atoms with Crippen molar-refractivity contribution in [2.24, 2.45) is 0 Å². The van der Waals surface area contributed by atoms with Gasteiger partial charge in [-0.05, 0) is 18.9 Å². The Morgan fingerprint density at radius 1 is 0.889 bits per heavy atom. The molecule has 0 saturated heterocycles. The smallest absolute Gasteiger partial charge is 0.00349 e. The second kappa shape index (κ2) is 20.8. The maximum absolute atomic E-state index is 3.95. The molecule has 0 atom stereocenters. The Balaban J connectivity index is -0.000000506. The van der Waals surface area contributed by atoms with Gasteiger partial charge in [-0.1, -0.05) is 95.5 Å². The molecule has 0 rings (SSSR count). The van der Waals surface area contributed by atoms with Crippen LogP contribution in [0.1, 0.15) is 41.0 Å². The number of rotatable bonds is 6. The summed E-state index contributed by atoms with van der Waals surface area (Å²) in [6, 6.07) is 0. The molecule has 0 radical (unpaired) electrons. The van der Waals surface area contributed by atoms with E-state index >= 15 is 0 Å². The van der Waals surface area contributed by atoms with E-state index in [2.05, 4.69) is 25.8 Å². The Morgan fingerprint density at radius 3 is 1.72 bits per heavy atom. The van der Waals surface area contributed by atoms with Gasteiger partial charge in [-0.3, -0.25) is 0 Å². The fraction of sp³-hybridized carbons (Fsp3) is 0.333. The summed E-state index contributed by atoms with van der Waals surface area (Å²) in [4.78, 5) is 0. The SMILES string of the molecule is C=C/C=C\C(=C)CC(/C=C\C=C)=C/C.CC.CC. The van der Waals surface area contributed by atoms with Crippen LogP contribution in [-0.4, -0.2) is 0 Å². The van der Waals surface area contributed by atoms with Gasteiger partial charge in [-0.2, -0.15) is 0 Å². The number of hydrogen-bond donors (Lipinski definition) is 0. The highest BCUT2D eigenvalue weighted by Gasteiger charge is 1.92. The number of hydrogen-bond acceptors (Lipinski definition) is 0. The van der Waals surface area contributed by atoms with Gasteiger partial charge in [0.2, 0.25) is 0 Å². The monoisotopic (exact) mass is 246 g/mol. The maximum atomic E-state index is 3.95. The van der Waals surface area contributed by atoms with E-state index < -0.39 is 0 Å². The van der Waals surface area contributed by atoms with Crippen LogP contribution in [0.4, 0.5) is 0 Å². The average Bonchev–Trinajstić information content (AvgIpc) is 2.45. The van der Waals surface area contributed by atoms with Crippen molar-refractivity contribution in [3.63, 3.8) is 0 Å². The first kappa shape index (κ1) is 21.7. The van der Waals surface area contributed by atoms with Crippen LogP contribution < -0.4 is 0 Å². The molecule has 0 nitrogen and oxygen atoms in total. The van der Waals surface area contributed by atoms with Crippen molar-refractivity contribution < 1.29 is 0 Å². The van der Waals surface area contributed by atoms with Crippen LogP contribution in [0.15, 0.2) is 73.4 Å². The van der Waals surface area contributed by atoms with Crippen LogP contribution in [0.25, 0.3) is 0 Å². The minimum Gasteiger partial charge on any atom is -0.0991 e. The lowest BCUT2D eigenvalue weighted by Gasteiger charge is -2.00. The summed E-state index contributed by atoms with van der Waals surface area (Å²) < 4.78 is 0. The molecule has 0 spiro atoms. The Bertz CT molecular complexity index is 285. The van der Waals surface area contributed by atoms with Crippen LogP contribution in [0.5, 0.6) is 0 Å². The summed E-state index contributed by atoms with van der Waals surface area (Å²) in [6.45, 7) is 21.2. The zero-order valence-electron chi connectivity index (χ0n) is 12.9. The Labute approximate surface area is 115 Å². The standard InChI is InChI=1S/C14H18.2C2H6/c1-5-8-10-13(4)12-14(7-3)11-9-6-2;2*1-2/h5-11H,1-2,4,12H2,3H3;2*1-2H3/b10-8-,11-9-,14-7+;;. The Hall–Kier alpha value is -1.56. The van der Waals surface area contributed by atoms with Crippen molar-refractivity contribution in [1.82, 2.24) is 0 Å². The third kappa shape index (κ3) is 16.9. The highest BCUT2D eigenvalue weighted by atomic mass is 14.0. The van der Waals surface area contributed by atoms with Gasteiger partial charge in [-0.25, -0.2) is 0 Å². The largest absolute Gasteiger partial charge is 0.0991 e. The molecule has 0 heteroatoms. The van der Waals surface area contributed by atoms with E-state index in [1.54, 1.807) is 12.2 Å². The van der Waals surface area contributed by atoms with E-state index in [4.69, 9.17) is 0 Å². The molecule has 0 N–H and O–H groups in total. The third-order valence-electron chi connectivity index (χ3n) is 1.72. The van der Waals surface area contributed by atoms with Crippen LogP contribution in [0.3, 0.4) is 0 Å². The predicted octanol–water partition coefficient (Wildman–Crippen LogP) is 6.42. The molecule has 0 saturated carbocycles. The summed E-state index contributed by atoms with van der Waals surface area (Å²) in [5.74, 6) is 0. The normalized spacial score (nSPS) is 10.2. The molecular formula is C18H30. The van der Waals surface area contributed by atoms with Gasteiger partial charge >= 0.3 is 0 Å². The van der Waals surface area contributed by atoms with Crippen LogP contribution in [0.2, 0.25) is 0 Å². The van der Waals surface area contributed by atoms with E-state index in [1.807, 2.05) is 58.9 Å². The van der Waals surface area contributed by atoms with Gasteiger partial charge < -0.3 is 0 Å². The van der Waals surface area contributed by atoms with E-state index in [0.717, 1.165) is 12.0 Å². The molecule has 0 aromatic heterocycles. The number of allylic oxidation sites excluding steroid dienone is 9. The molecule has 0 aliphatic heterocycles. The highest BCUT2D eigenvalue weighted by Crippen LogP contribution is 2.11. The van der Waals surface area contributed by atoms with E-state index in [9.17, 15) is 0 Å². The fourth-order valence-corrected chi connectivity index (χ4v) is 0.974. The molecule has 0 unspecified atom stereocenters. The molecule has 0 aliphatic carbocycles. The first-order valence-electron chi connectivity index (χ1n) is 6.65. The zero-order chi connectivity index (χ0) is 14.8. The van der Waals surface area contributed by atoms with Gasteiger partial charge in [-0.15, -0.1) is 0 Å². The summed E-state index contributed by atoms with van der Waals surface area (Å²) in [5, 5.41) is 0. The summed E-state index contributed by atoms with van der Waals surface area (Å²) >= 11 is 0. The average molecular weight is 246 g/mol. The predicted molar refractivity (Wildman–Crippen MR) is 88.9 cm³/mol. The van der Waals surface area contributed by atoms with Crippen molar-refractivity contribution in [2.75, 3.05) is 0 Å². The van der Waals surface area contributed by atoms with Crippen molar-refractivity contribution in [1.29, 1.82) is 0 Å². The van der Waals surface area contributed by atoms with E-state index in [-0.39, 0.29) is 0 Å². The quantitative estimate of drug-likeness (QED) is 0.475. The van der Waals surface area contributed by atoms with E-state index in [0.29, 0.717) is 0 Å². The highest BCUT2D eigenvalue weighted by molar-refractivity contribution is 5.30. The molecule has 18 heavy (non-hydrogen) atoms. The van der Waals surface area contributed by atoms with Gasteiger partial charge in [0.1, 0.15) is 0 Å². The maximum Gasteiger partial charge on any atom is -0.00349 e. The van der Waals surface area contributed by atoms with Crippen molar-refractivity contribution in [3.05, 3.63) is 73.4 Å². The van der Waals surface area contributed by atoms with Gasteiger partial charge in [0.05, 0.1) is 0 Å². The zero-order valence-corrected chi connectivity index (χ0v) is 12.9. The second-order valence-corrected chi connectivity index (χ2v) is 2.89. The van der Waals surface area contributed by atoms with Gasteiger partial charge in [0.15, 0.2) is 0 Å². The van der Waals surface area contributed by atoms with Crippen molar-refractivity contribution in [3.8, 4) is 0 Å². The summed E-state index contributed by atoms with van der Waals surface area (Å²) in [5.41, 5.74) is 2.32. The Kier molecular flexibility index (Phi) is 25.1. The molecule has 0 amide bonds. The third-order valence-corrected chi connectivity index (χ3v) is 1.72. The Morgan fingerprint density at radius 2 is 1.33 bits per heavy atom. The van der Waals surface area contributed by atoms with Gasteiger partial charge in [0.25, 0.3) is 0 Å². The topological polar surface area (TPSA) is 0 Å². The molecule has 0 aromatic rings. The minimum absolute atomic E-state index is 0.866. The molecule has 0 aromatic carbocycles. The molecule has 0 fully saturated rings. The van der Waals surface area contributed by atoms with Crippen molar-refractivity contribution in [2.45, 2.75) is 41.0 Å². The van der Waals surface area contributed by atoms with Crippen LogP contribution >= 0.6 is 0 Å². The molecule has 0 aliphatic rings. The van der Waals surface area contributed by atoms with E-state index in [1.165, 1.54) is 5.57 Å². The molecule has 102 valence electrons. The first-order chi connectivity index (χ1) is 8.74. The molecule has 0 bridgehead atoms. The first-order valence-corrected chi connectivity index (χ1v) is 6.65. The lowest BCUT2D eigenvalue weighted by atomic mass is 10.1. The summed E-state index contributed by atoms with van der Waals surface area (Å²) in [6.07, 6.45) is 14.3. The van der Waals surface area contributed by atoms with Crippen LogP contribution in [-0.2, 0) is 0 Å². The molecule has 0 heterocycles. The lowest BCUT2D eigenvalue weighted by Crippen LogP contribution is -1.80. The summed E-state index contributed by atoms with van der Waals surface area (Å²) in [7, 11) is 0. The van der Waals surface area contributed by atoms with Crippen LogP contribution in [0, 0.1) is 0 Å². The van der Waals surface area contributed by atoms with Crippen molar-refractivity contribution >= 4 is 0 Å². The molecular weight excluding hydrogens is 216 g/mol. The second-order valence-electron chi connectivity index (χ2n) is 2.89. The van der Waals surface area contributed by atoms with Gasteiger partial charge in [0, 0.05) is 0 Å². The fourth-order valence-electron chi connectivity index (χ4n) is 0.974. The minimum atomic E-state index is 0.866. The lowest BCUT2D eigenvalue weighted by molar-refractivity contribution is 1.21.